The van der Waals surface area contributed by atoms with E-state index >= 15 is 0 Å². The van der Waals surface area contributed by atoms with Crippen molar-refractivity contribution in [2.24, 2.45) is 5.73 Å². The van der Waals surface area contributed by atoms with E-state index in [9.17, 15) is 0 Å². The Bertz CT molecular complexity index is 166. The summed E-state index contributed by atoms with van der Waals surface area (Å²) in [5.74, 6) is 0. The maximum atomic E-state index is 5.49. The summed E-state index contributed by atoms with van der Waals surface area (Å²) in [7, 11) is 3.90. The maximum Gasteiger partial charge on any atom is 0.152 e. The molecule has 0 bridgehead atoms. The summed E-state index contributed by atoms with van der Waals surface area (Å²) < 4.78 is 0. The normalized spacial score (nSPS) is 18.6. The van der Waals surface area contributed by atoms with Gasteiger partial charge >= 0.3 is 0 Å². The summed E-state index contributed by atoms with van der Waals surface area (Å²) in [5.41, 5.74) is 5.49. The number of likely N-dealkylation sites (N-methyl/N-ethyl adjacent to an activating group) is 2. The first-order valence-corrected chi connectivity index (χ1v) is 3.45. The van der Waals surface area contributed by atoms with Crippen LogP contribution in [0.5, 0.6) is 0 Å². The Labute approximate surface area is 66.1 Å². The highest BCUT2D eigenvalue weighted by atomic mass is 32.1. The average molecular weight is 157 g/mol. The molecule has 4 heteroatoms. The number of nitrogens with zero attached hydrogens (tertiary/aromatic N) is 2. The van der Waals surface area contributed by atoms with E-state index in [0.29, 0.717) is 4.99 Å². The van der Waals surface area contributed by atoms with E-state index in [2.05, 4.69) is 0 Å². The first-order chi connectivity index (χ1) is 4.63. The molecule has 0 radical (unpaired) electrons. The van der Waals surface area contributed by atoms with Crippen LogP contribution in [-0.4, -0.2) is 35.0 Å². The van der Waals surface area contributed by atoms with Crippen LogP contribution in [0.1, 0.15) is 0 Å². The van der Waals surface area contributed by atoms with E-state index in [0.717, 1.165) is 0 Å². The molecule has 0 aliphatic carbocycles. The highest BCUT2D eigenvalue weighted by molar-refractivity contribution is 7.80. The Morgan fingerprint density at radius 3 is 2.00 bits per heavy atom. The van der Waals surface area contributed by atoms with Gasteiger partial charge in [-0.15, -0.1) is 0 Å². The molecular weight excluding hydrogens is 146 g/mol. The van der Waals surface area contributed by atoms with E-state index in [1.54, 1.807) is 0 Å². The fourth-order valence-electron chi connectivity index (χ4n) is 1.06. The molecule has 3 nitrogen and oxygen atoms in total. The first-order valence-electron chi connectivity index (χ1n) is 3.04. The van der Waals surface area contributed by atoms with Gasteiger partial charge in [0.05, 0.1) is 0 Å². The molecule has 2 N–H and O–H groups in total. The topological polar surface area (TPSA) is 32.5 Å². The van der Waals surface area contributed by atoms with E-state index in [1.807, 2.05) is 36.3 Å². The van der Waals surface area contributed by atoms with Gasteiger partial charge in [-0.1, -0.05) is 12.2 Å². The zero-order chi connectivity index (χ0) is 7.72. The summed E-state index contributed by atoms with van der Waals surface area (Å²) in [6, 6.07) is 0. The van der Waals surface area contributed by atoms with Gasteiger partial charge in [0, 0.05) is 26.5 Å². The second kappa shape index (κ2) is 2.46. The second-order valence-corrected chi connectivity index (χ2v) is 2.88. The van der Waals surface area contributed by atoms with Gasteiger partial charge in [-0.3, -0.25) is 0 Å². The largest absolute Gasteiger partial charge is 0.390 e. The number of hydrogen-bond donors (Lipinski definition) is 1. The summed E-state index contributed by atoms with van der Waals surface area (Å²) in [4.78, 5) is 4.46. The van der Waals surface area contributed by atoms with Crippen LogP contribution in [-0.2, 0) is 0 Å². The van der Waals surface area contributed by atoms with Crippen molar-refractivity contribution in [2.75, 3.05) is 14.1 Å². The Kier molecular flexibility index (Phi) is 1.80. The van der Waals surface area contributed by atoms with Crippen molar-refractivity contribution in [1.82, 2.24) is 9.80 Å². The predicted molar refractivity (Wildman–Crippen MR) is 45.2 cm³/mol. The van der Waals surface area contributed by atoms with Crippen molar-refractivity contribution in [2.45, 2.75) is 6.17 Å². The van der Waals surface area contributed by atoms with Gasteiger partial charge < -0.3 is 15.5 Å². The highest BCUT2D eigenvalue weighted by Crippen LogP contribution is 2.10. The van der Waals surface area contributed by atoms with Gasteiger partial charge in [0.25, 0.3) is 0 Å². The molecule has 1 aliphatic rings. The molecule has 1 heterocycles. The van der Waals surface area contributed by atoms with E-state index in [1.165, 1.54) is 0 Å². The molecule has 0 atom stereocenters. The lowest BCUT2D eigenvalue weighted by Gasteiger charge is -2.25. The third kappa shape index (κ3) is 1.07. The molecule has 0 saturated heterocycles. The van der Waals surface area contributed by atoms with Gasteiger partial charge in [0.2, 0.25) is 0 Å². The van der Waals surface area contributed by atoms with Crippen molar-refractivity contribution in [3.8, 4) is 0 Å². The third-order valence-corrected chi connectivity index (χ3v) is 1.77. The standard InChI is InChI=1S/C6H11N3S/c1-8-3-4-9(2)6(8)5(7)10/h3-4,6H,1-2H3,(H2,7,10). The molecule has 0 aromatic heterocycles. The van der Waals surface area contributed by atoms with Gasteiger partial charge in [-0.2, -0.15) is 0 Å². The third-order valence-electron chi connectivity index (χ3n) is 1.56. The van der Waals surface area contributed by atoms with Crippen LogP contribution in [0.3, 0.4) is 0 Å². The Morgan fingerprint density at radius 1 is 1.40 bits per heavy atom. The zero-order valence-corrected chi connectivity index (χ0v) is 6.93. The van der Waals surface area contributed by atoms with Crippen LogP contribution in [0.15, 0.2) is 12.4 Å². The summed E-state index contributed by atoms with van der Waals surface area (Å²) >= 11 is 4.86. The molecule has 0 fully saturated rings. The first kappa shape index (κ1) is 7.34. The smallest absolute Gasteiger partial charge is 0.152 e. The van der Waals surface area contributed by atoms with Gasteiger partial charge in [0.15, 0.2) is 6.17 Å². The molecule has 0 amide bonds. The molecular formula is C6H11N3S. The Balaban J connectivity index is 2.69. The minimum Gasteiger partial charge on any atom is -0.390 e. The minimum atomic E-state index is 0.0648. The number of hydrogen-bond acceptors (Lipinski definition) is 3. The molecule has 10 heavy (non-hydrogen) atoms. The van der Waals surface area contributed by atoms with Crippen molar-refractivity contribution in [3.05, 3.63) is 12.4 Å². The minimum absolute atomic E-state index is 0.0648. The monoisotopic (exact) mass is 157 g/mol. The van der Waals surface area contributed by atoms with Crippen molar-refractivity contribution >= 4 is 17.2 Å². The fraction of sp³-hybridized carbons (Fsp3) is 0.500. The van der Waals surface area contributed by atoms with Gasteiger partial charge in [-0.05, 0) is 0 Å². The summed E-state index contributed by atoms with van der Waals surface area (Å²) in [5, 5.41) is 0. The predicted octanol–water partition coefficient (Wildman–Crippen LogP) is -0.0530. The second-order valence-electron chi connectivity index (χ2n) is 2.41. The SMILES string of the molecule is CN1C=CN(C)C1C(N)=S. The van der Waals surface area contributed by atoms with E-state index in [-0.39, 0.29) is 6.17 Å². The number of thiocarbonyl (C=S) groups is 1. The number of rotatable bonds is 1. The van der Waals surface area contributed by atoms with Gasteiger partial charge in [0.1, 0.15) is 4.99 Å². The summed E-state index contributed by atoms with van der Waals surface area (Å²) in [6.45, 7) is 0. The van der Waals surface area contributed by atoms with E-state index < -0.39 is 0 Å². The van der Waals surface area contributed by atoms with Crippen LogP contribution < -0.4 is 5.73 Å². The highest BCUT2D eigenvalue weighted by Gasteiger charge is 2.22. The van der Waals surface area contributed by atoms with E-state index in [4.69, 9.17) is 18.0 Å². The lowest BCUT2D eigenvalue weighted by molar-refractivity contribution is 0.279. The molecule has 1 aliphatic heterocycles. The Hall–Kier alpha value is -0.770. The van der Waals surface area contributed by atoms with Crippen molar-refractivity contribution in [1.29, 1.82) is 0 Å². The molecule has 0 unspecified atom stereocenters. The zero-order valence-electron chi connectivity index (χ0n) is 6.11. The van der Waals surface area contributed by atoms with Crippen LogP contribution in [0, 0.1) is 0 Å². The molecule has 56 valence electrons. The molecule has 0 spiro atoms. The Morgan fingerprint density at radius 2 is 1.80 bits per heavy atom. The van der Waals surface area contributed by atoms with Crippen molar-refractivity contribution < 1.29 is 0 Å². The number of nitrogens with two attached hydrogens (primary N) is 1. The molecule has 0 aromatic rings. The molecule has 1 rings (SSSR count). The van der Waals surface area contributed by atoms with Crippen LogP contribution in [0.25, 0.3) is 0 Å². The van der Waals surface area contributed by atoms with Crippen LogP contribution >= 0.6 is 12.2 Å². The van der Waals surface area contributed by atoms with Crippen LogP contribution in [0.4, 0.5) is 0 Å². The molecule has 0 aromatic carbocycles. The lowest BCUT2D eigenvalue weighted by Crippen LogP contribution is -2.44. The summed E-state index contributed by atoms with van der Waals surface area (Å²) in [6.07, 6.45) is 3.96. The van der Waals surface area contributed by atoms with Gasteiger partial charge in [-0.25, -0.2) is 0 Å². The lowest BCUT2D eigenvalue weighted by atomic mass is 10.4. The van der Waals surface area contributed by atoms with Crippen LogP contribution in [0.2, 0.25) is 0 Å². The molecule has 0 saturated carbocycles. The quantitative estimate of drug-likeness (QED) is 0.541. The van der Waals surface area contributed by atoms with Crippen molar-refractivity contribution in [3.63, 3.8) is 0 Å². The maximum absolute atomic E-state index is 5.49. The fourth-order valence-corrected chi connectivity index (χ4v) is 1.39. The average Bonchev–Trinajstić information content (AvgIpc) is 2.11.